The van der Waals surface area contributed by atoms with Gasteiger partial charge in [0.15, 0.2) is 0 Å². The fourth-order valence-electron chi connectivity index (χ4n) is 2.23. The highest BCUT2D eigenvalue weighted by molar-refractivity contribution is 5.56. The molecule has 1 aliphatic rings. The maximum atomic E-state index is 5.96. The largest absolute Gasteiger partial charge is 0.377 e. The maximum Gasteiger partial charge on any atom is 0.0396 e. The molecule has 1 atom stereocenters. The van der Waals surface area contributed by atoms with Gasteiger partial charge in [-0.25, -0.2) is 0 Å². The van der Waals surface area contributed by atoms with E-state index in [0.29, 0.717) is 6.04 Å². The third-order valence-electron chi connectivity index (χ3n) is 2.98. The molecule has 0 unspecified atom stereocenters. The van der Waals surface area contributed by atoms with Crippen LogP contribution in [0.5, 0.6) is 0 Å². The molecule has 1 aromatic rings. The molecule has 2 N–H and O–H groups in total. The van der Waals surface area contributed by atoms with Crippen molar-refractivity contribution in [3.63, 3.8) is 0 Å². The van der Waals surface area contributed by atoms with Gasteiger partial charge in [0.2, 0.25) is 0 Å². The molecule has 1 aliphatic carbocycles. The molecule has 1 aromatic carbocycles. The van der Waals surface area contributed by atoms with E-state index >= 15 is 0 Å². The van der Waals surface area contributed by atoms with E-state index in [0.717, 1.165) is 19.3 Å². The number of nitrogens with zero attached hydrogens (tertiary/aromatic N) is 1. The second-order valence-electron chi connectivity index (χ2n) is 4.31. The average molecular weight is 190 g/mol. The van der Waals surface area contributed by atoms with Crippen molar-refractivity contribution in [1.82, 2.24) is 0 Å². The predicted molar refractivity (Wildman–Crippen MR) is 60.8 cm³/mol. The van der Waals surface area contributed by atoms with E-state index in [-0.39, 0.29) is 0 Å². The Balaban J connectivity index is 2.41. The molecule has 0 fully saturated rings. The molecule has 0 radical (unpaired) electrons. The lowest BCUT2D eigenvalue weighted by Gasteiger charge is -2.26. The monoisotopic (exact) mass is 190 g/mol. The first-order valence-electron chi connectivity index (χ1n) is 5.22. The van der Waals surface area contributed by atoms with Gasteiger partial charge in [-0.2, -0.15) is 0 Å². The van der Waals surface area contributed by atoms with Crippen LogP contribution in [0.1, 0.15) is 17.5 Å². The minimum Gasteiger partial charge on any atom is -0.377 e. The lowest BCUT2D eigenvalue weighted by Crippen LogP contribution is -2.28. The Kier molecular flexibility index (Phi) is 2.46. The second-order valence-corrected chi connectivity index (χ2v) is 4.31. The van der Waals surface area contributed by atoms with Gasteiger partial charge in [0, 0.05) is 25.8 Å². The zero-order valence-electron chi connectivity index (χ0n) is 8.96. The SMILES string of the molecule is CN(C)c1cccc2c1CC[C@@H](N)C2. The van der Waals surface area contributed by atoms with Gasteiger partial charge in [-0.15, -0.1) is 0 Å². The van der Waals surface area contributed by atoms with Crippen LogP contribution in [-0.2, 0) is 12.8 Å². The Labute approximate surface area is 85.7 Å². The van der Waals surface area contributed by atoms with E-state index in [2.05, 4.69) is 37.2 Å². The van der Waals surface area contributed by atoms with Crippen molar-refractivity contribution in [2.24, 2.45) is 5.73 Å². The van der Waals surface area contributed by atoms with Crippen molar-refractivity contribution in [3.05, 3.63) is 29.3 Å². The van der Waals surface area contributed by atoms with Crippen LogP contribution in [-0.4, -0.2) is 20.1 Å². The van der Waals surface area contributed by atoms with Crippen LogP contribution >= 0.6 is 0 Å². The standard InChI is InChI=1S/C12H18N2/c1-14(2)12-5-3-4-9-8-10(13)6-7-11(9)12/h3-5,10H,6-8,13H2,1-2H3/t10-/m1/s1. The van der Waals surface area contributed by atoms with Crippen molar-refractivity contribution < 1.29 is 0 Å². The highest BCUT2D eigenvalue weighted by Crippen LogP contribution is 2.28. The van der Waals surface area contributed by atoms with Crippen LogP contribution in [0.4, 0.5) is 5.69 Å². The Morgan fingerprint density at radius 1 is 1.36 bits per heavy atom. The van der Waals surface area contributed by atoms with E-state index in [1.807, 2.05) is 0 Å². The minimum atomic E-state index is 0.361. The number of benzene rings is 1. The number of fused-ring (bicyclic) bond motifs is 1. The molecule has 0 bridgehead atoms. The molecule has 0 aromatic heterocycles. The second kappa shape index (κ2) is 3.62. The fourth-order valence-corrected chi connectivity index (χ4v) is 2.23. The molecule has 2 rings (SSSR count). The molecule has 0 heterocycles. The van der Waals surface area contributed by atoms with E-state index in [9.17, 15) is 0 Å². The molecule has 76 valence electrons. The summed E-state index contributed by atoms with van der Waals surface area (Å²) in [4.78, 5) is 2.19. The van der Waals surface area contributed by atoms with Crippen molar-refractivity contribution in [2.45, 2.75) is 25.3 Å². The lowest BCUT2D eigenvalue weighted by atomic mass is 9.87. The van der Waals surface area contributed by atoms with Gasteiger partial charge in [-0.3, -0.25) is 0 Å². The number of anilines is 1. The minimum absolute atomic E-state index is 0.361. The van der Waals surface area contributed by atoms with Crippen molar-refractivity contribution >= 4 is 5.69 Å². The summed E-state index contributed by atoms with van der Waals surface area (Å²) in [6, 6.07) is 6.89. The first-order valence-corrected chi connectivity index (χ1v) is 5.22. The summed E-state index contributed by atoms with van der Waals surface area (Å²) in [6.07, 6.45) is 3.29. The van der Waals surface area contributed by atoms with Crippen LogP contribution in [0.25, 0.3) is 0 Å². The quantitative estimate of drug-likeness (QED) is 0.728. The van der Waals surface area contributed by atoms with E-state index in [1.54, 1.807) is 0 Å². The van der Waals surface area contributed by atoms with Gasteiger partial charge in [0.05, 0.1) is 0 Å². The normalized spacial score (nSPS) is 20.4. The number of hydrogen-bond acceptors (Lipinski definition) is 2. The lowest BCUT2D eigenvalue weighted by molar-refractivity contribution is 0.576. The summed E-state index contributed by atoms with van der Waals surface area (Å²) in [5.41, 5.74) is 10.3. The summed E-state index contributed by atoms with van der Waals surface area (Å²) >= 11 is 0. The van der Waals surface area contributed by atoms with E-state index < -0.39 is 0 Å². The van der Waals surface area contributed by atoms with Gasteiger partial charge >= 0.3 is 0 Å². The molecule has 0 saturated carbocycles. The van der Waals surface area contributed by atoms with Gasteiger partial charge in [-0.05, 0) is 36.5 Å². The molecule has 0 amide bonds. The fraction of sp³-hybridized carbons (Fsp3) is 0.500. The first-order chi connectivity index (χ1) is 6.68. The van der Waals surface area contributed by atoms with Crippen LogP contribution in [0, 0.1) is 0 Å². The average Bonchev–Trinajstić information content (AvgIpc) is 2.16. The summed E-state index contributed by atoms with van der Waals surface area (Å²) < 4.78 is 0. The third kappa shape index (κ3) is 1.62. The topological polar surface area (TPSA) is 29.3 Å². The number of hydrogen-bond donors (Lipinski definition) is 1. The Bertz CT molecular complexity index is 331. The molecule has 0 aliphatic heterocycles. The summed E-state index contributed by atoms with van der Waals surface area (Å²) in [5.74, 6) is 0. The predicted octanol–water partition coefficient (Wildman–Crippen LogP) is 1.57. The van der Waals surface area contributed by atoms with Crippen LogP contribution < -0.4 is 10.6 Å². The number of nitrogens with two attached hydrogens (primary N) is 1. The maximum absolute atomic E-state index is 5.96. The Morgan fingerprint density at radius 3 is 2.86 bits per heavy atom. The summed E-state index contributed by atoms with van der Waals surface area (Å²) in [6.45, 7) is 0. The van der Waals surface area contributed by atoms with Gasteiger partial charge < -0.3 is 10.6 Å². The molecular weight excluding hydrogens is 172 g/mol. The van der Waals surface area contributed by atoms with Crippen LogP contribution in [0.3, 0.4) is 0 Å². The Morgan fingerprint density at radius 2 is 2.14 bits per heavy atom. The van der Waals surface area contributed by atoms with Gasteiger partial charge in [0.1, 0.15) is 0 Å². The molecule has 2 heteroatoms. The first kappa shape index (κ1) is 9.53. The molecule has 14 heavy (non-hydrogen) atoms. The van der Waals surface area contributed by atoms with E-state index in [1.165, 1.54) is 16.8 Å². The van der Waals surface area contributed by atoms with Crippen molar-refractivity contribution in [3.8, 4) is 0 Å². The summed E-state index contributed by atoms with van der Waals surface area (Å²) in [7, 11) is 4.20. The highest BCUT2D eigenvalue weighted by Gasteiger charge is 2.18. The Hall–Kier alpha value is -1.02. The third-order valence-corrected chi connectivity index (χ3v) is 2.98. The van der Waals surface area contributed by atoms with Crippen molar-refractivity contribution in [2.75, 3.05) is 19.0 Å². The van der Waals surface area contributed by atoms with Gasteiger partial charge in [-0.1, -0.05) is 12.1 Å². The van der Waals surface area contributed by atoms with Gasteiger partial charge in [0.25, 0.3) is 0 Å². The molecule has 0 saturated heterocycles. The van der Waals surface area contributed by atoms with Crippen molar-refractivity contribution in [1.29, 1.82) is 0 Å². The number of rotatable bonds is 1. The summed E-state index contributed by atoms with van der Waals surface area (Å²) in [5, 5.41) is 0. The smallest absolute Gasteiger partial charge is 0.0396 e. The van der Waals surface area contributed by atoms with Crippen LogP contribution in [0.15, 0.2) is 18.2 Å². The zero-order chi connectivity index (χ0) is 10.1. The highest BCUT2D eigenvalue weighted by atomic mass is 15.1. The molecular formula is C12H18N2. The molecule has 0 spiro atoms. The molecule has 2 nitrogen and oxygen atoms in total. The zero-order valence-corrected chi connectivity index (χ0v) is 8.96. The van der Waals surface area contributed by atoms with Crippen LogP contribution in [0.2, 0.25) is 0 Å². The van der Waals surface area contributed by atoms with E-state index in [4.69, 9.17) is 5.73 Å².